The highest BCUT2D eigenvalue weighted by molar-refractivity contribution is 7.85. The van der Waals surface area contributed by atoms with Gasteiger partial charge in [0, 0.05) is 22.6 Å². The summed E-state index contributed by atoms with van der Waals surface area (Å²) < 4.78 is 17.3. The van der Waals surface area contributed by atoms with Gasteiger partial charge >= 0.3 is 0 Å². The monoisotopic (exact) mass is 239 g/mol. The molecule has 0 fully saturated rings. The molecule has 88 valence electrons. The van der Waals surface area contributed by atoms with E-state index in [1.165, 1.54) is 0 Å². The number of para-hydroxylation sites is 1. The van der Waals surface area contributed by atoms with Gasteiger partial charge in [0.05, 0.1) is 11.3 Å². The first-order valence-electron chi connectivity index (χ1n) is 5.51. The van der Waals surface area contributed by atoms with Crippen molar-refractivity contribution in [2.24, 2.45) is 0 Å². The van der Waals surface area contributed by atoms with Gasteiger partial charge in [-0.1, -0.05) is 25.1 Å². The molecule has 2 rings (SSSR count). The number of nitrogens with one attached hydrogen (secondary N) is 1. The fourth-order valence-corrected chi connectivity index (χ4v) is 2.97. The number of fused-ring (bicyclic) bond motifs is 1. The van der Waals surface area contributed by atoms with Crippen molar-refractivity contribution in [3.63, 3.8) is 0 Å². The summed E-state index contributed by atoms with van der Waals surface area (Å²) in [7, 11) is -0.878. The van der Waals surface area contributed by atoms with E-state index in [9.17, 15) is 4.21 Å². The quantitative estimate of drug-likeness (QED) is 0.868. The largest absolute Gasteiger partial charge is 0.492 e. The Bertz CT molecular complexity index is 394. The zero-order chi connectivity index (χ0) is 11.5. The molecule has 3 atom stereocenters. The van der Waals surface area contributed by atoms with Gasteiger partial charge in [0.15, 0.2) is 0 Å². The van der Waals surface area contributed by atoms with Crippen LogP contribution in [0.15, 0.2) is 24.3 Å². The van der Waals surface area contributed by atoms with Crippen molar-refractivity contribution in [3.8, 4) is 5.75 Å². The van der Waals surface area contributed by atoms with Crippen molar-refractivity contribution in [2.75, 3.05) is 19.4 Å². The normalized spacial score (nSPS) is 25.6. The molecule has 1 aromatic carbocycles. The maximum atomic E-state index is 11.7. The average molecular weight is 239 g/mol. The molecule has 1 heterocycles. The Kier molecular flexibility index (Phi) is 3.61. The SMILES string of the molecule is CCNC1c2ccccc2OCC1S(C)=O. The second kappa shape index (κ2) is 4.97. The molecule has 0 aromatic heterocycles. The van der Waals surface area contributed by atoms with E-state index in [1.54, 1.807) is 6.26 Å². The van der Waals surface area contributed by atoms with Gasteiger partial charge in [0.1, 0.15) is 12.4 Å². The van der Waals surface area contributed by atoms with Gasteiger partial charge in [-0.05, 0) is 12.6 Å². The first-order valence-corrected chi connectivity index (χ1v) is 7.13. The van der Waals surface area contributed by atoms with Crippen molar-refractivity contribution in [1.82, 2.24) is 5.32 Å². The van der Waals surface area contributed by atoms with Crippen LogP contribution in [0.25, 0.3) is 0 Å². The minimum Gasteiger partial charge on any atom is -0.492 e. The third-order valence-corrected chi connectivity index (χ3v) is 4.14. The highest BCUT2D eigenvalue weighted by atomic mass is 32.2. The fraction of sp³-hybridized carbons (Fsp3) is 0.500. The van der Waals surface area contributed by atoms with Crippen LogP contribution in [-0.4, -0.2) is 28.9 Å². The summed E-state index contributed by atoms with van der Waals surface area (Å²) >= 11 is 0. The third-order valence-electron chi connectivity index (χ3n) is 2.88. The molecule has 0 saturated carbocycles. The lowest BCUT2D eigenvalue weighted by atomic mass is 10.0. The summed E-state index contributed by atoms with van der Waals surface area (Å²) in [5, 5.41) is 3.44. The van der Waals surface area contributed by atoms with Gasteiger partial charge in [-0.2, -0.15) is 0 Å². The minimum atomic E-state index is -0.878. The van der Waals surface area contributed by atoms with Crippen LogP contribution in [-0.2, 0) is 10.8 Å². The van der Waals surface area contributed by atoms with Gasteiger partial charge in [-0.15, -0.1) is 0 Å². The van der Waals surface area contributed by atoms with Crippen LogP contribution < -0.4 is 10.1 Å². The maximum Gasteiger partial charge on any atom is 0.124 e. The van der Waals surface area contributed by atoms with Crippen LogP contribution in [0.4, 0.5) is 0 Å². The van der Waals surface area contributed by atoms with E-state index in [4.69, 9.17) is 4.74 Å². The second-order valence-corrected chi connectivity index (χ2v) is 5.52. The zero-order valence-corrected chi connectivity index (χ0v) is 10.4. The van der Waals surface area contributed by atoms with Gasteiger partial charge in [-0.25, -0.2) is 0 Å². The lowest BCUT2D eigenvalue weighted by molar-refractivity contribution is 0.259. The summed E-state index contributed by atoms with van der Waals surface area (Å²) in [6, 6.07) is 8.11. The van der Waals surface area contributed by atoms with E-state index < -0.39 is 10.8 Å². The molecule has 0 saturated heterocycles. The molecule has 3 unspecified atom stereocenters. The Labute approximate surface area is 98.7 Å². The summed E-state index contributed by atoms with van der Waals surface area (Å²) in [5.74, 6) is 0.912. The number of rotatable bonds is 3. The topological polar surface area (TPSA) is 38.3 Å². The first-order chi connectivity index (χ1) is 7.74. The smallest absolute Gasteiger partial charge is 0.124 e. The molecule has 1 aliphatic rings. The van der Waals surface area contributed by atoms with Crippen LogP contribution in [0, 0.1) is 0 Å². The van der Waals surface area contributed by atoms with Crippen LogP contribution in [0.1, 0.15) is 18.5 Å². The number of hydrogen-bond donors (Lipinski definition) is 1. The first kappa shape index (κ1) is 11.6. The average Bonchev–Trinajstić information content (AvgIpc) is 2.29. The lowest BCUT2D eigenvalue weighted by Gasteiger charge is -2.32. The molecule has 16 heavy (non-hydrogen) atoms. The molecule has 1 aliphatic heterocycles. The highest BCUT2D eigenvalue weighted by Crippen LogP contribution is 2.33. The summed E-state index contributed by atoms with van der Waals surface area (Å²) in [6.45, 7) is 3.46. The van der Waals surface area contributed by atoms with Crippen molar-refractivity contribution < 1.29 is 8.95 Å². The molecular formula is C12H17NO2S. The molecule has 0 radical (unpaired) electrons. The Morgan fingerprint density at radius 2 is 2.25 bits per heavy atom. The molecule has 1 N–H and O–H groups in total. The molecule has 0 spiro atoms. The number of benzene rings is 1. The number of ether oxygens (including phenoxy) is 1. The van der Waals surface area contributed by atoms with Gasteiger partial charge in [-0.3, -0.25) is 4.21 Å². The minimum absolute atomic E-state index is 0.0369. The Hall–Kier alpha value is -0.870. The van der Waals surface area contributed by atoms with E-state index in [-0.39, 0.29) is 11.3 Å². The van der Waals surface area contributed by atoms with Crippen LogP contribution in [0.2, 0.25) is 0 Å². The molecule has 0 bridgehead atoms. The zero-order valence-electron chi connectivity index (χ0n) is 9.60. The van der Waals surface area contributed by atoms with Gasteiger partial charge < -0.3 is 10.1 Å². The predicted octanol–water partition coefficient (Wildman–Crippen LogP) is 1.48. The Morgan fingerprint density at radius 3 is 2.94 bits per heavy atom. The van der Waals surface area contributed by atoms with Crippen LogP contribution in [0.5, 0.6) is 5.75 Å². The van der Waals surface area contributed by atoms with E-state index >= 15 is 0 Å². The lowest BCUT2D eigenvalue weighted by Crippen LogP contribution is -2.41. The van der Waals surface area contributed by atoms with Crippen molar-refractivity contribution in [1.29, 1.82) is 0 Å². The molecule has 0 amide bonds. The van der Waals surface area contributed by atoms with Crippen molar-refractivity contribution in [2.45, 2.75) is 18.2 Å². The van der Waals surface area contributed by atoms with Crippen molar-refractivity contribution in [3.05, 3.63) is 29.8 Å². The van der Waals surface area contributed by atoms with Crippen LogP contribution in [0.3, 0.4) is 0 Å². The third kappa shape index (κ3) is 2.13. The van der Waals surface area contributed by atoms with E-state index in [2.05, 4.69) is 12.2 Å². The van der Waals surface area contributed by atoms with E-state index in [0.29, 0.717) is 6.61 Å². The Balaban J connectivity index is 2.35. The summed E-state index contributed by atoms with van der Waals surface area (Å²) in [6.07, 6.45) is 1.74. The standard InChI is InChI=1S/C12H17NO2S/c1-3-13-12-9-6-4-5-7-10(9)15-8-11(12)16(2)14/h4-7,11-13H,3,8H2,1-2H3. The summed E-state index contributed by atoms with van der Waals surface area (Å²) in [5.41, 5.74) is 1.12. The van der Waals surface area contributed by atoms with Gasteiger partial charge in [0.2, 0.25) is 0 Å². The van der Waals surface area contributed by atoms with Gasteiger partial charge in [0.25, 0.3) is 0 Å². The van der Waals surface area contributed by atoms with E-state index in [1.807, 2.05) is 24.3 Å². The highest BCUT2D eigenvalue weighted by Gasteiger charge is 2.32. The Morgan fingerprint density at radius 1 is 1.50 bits per heavy atom. The van der Waals surface area contributed by atoms with Crippen LogP contribution >= 0.6 is 0 Å². The predicted molar refractivity (Wildman–Crippen MR) is 66.2 cm³/mol. The summed E-state index contributed by atoms with van der Waals surface area (Å²) in [4.78, 5) is 0. The van der Waals surface area contributed by atoms with Crippen molar-refractivity contribution >= 4 is 10.8 Å². The molecule has 0 aliphatic carbocycles. The molecule has 1 aromatic rings. The molecular weight excluding hydrogens is 222 g/mol. The molecule has 4 heteroatoms. The second-order valence-electron chi connectivity index (χ2n) is 3.92. The van der Waals surface area contributed by atoms with E-state index in [0.717, 1.165) is 17.9 Å². The maximum absolute atomic E-state index is 11.7. The molecule has 3 nitrogen and oxygen atoms in total. The fourth-order valence-electron chi connectivity index (χ4n) is 2.09. The number of hydrogen-bond acceptors (Lipinski definition) is 3.